The molecule has 0 aromatic heterocycles. The van der Waals surface area contributed by atoms with E-state index in [1.165, 1.54) is 32.5 Å². The Kier molecular flexibility index (Phi) is 12.9. The van der Waals surface area contributed by atoms with Gasteiger partial charge in [-0.25, -0.2) is 0 Å². The van der Waals surface area contributed by atoms with Crippen LogP contribution in [-0.4, -0.2) is 87.4 Å². The molecular weight excluding hydrogens is 453 g/mol. The highest BCUT2D eigenvalue weighted by Gasteiger charge is 2.21. The van der Waals surface area contributed by atoms with Crippen LogP contribution in [-0.2, 0) is 4.74 Å². The molecule has 27 heavy (non-hydrogen) atoms. The van der Waals surface area contributed by atoms with Gasteiger partial charge >= 0.3 is 0 Å². The lowest BCUT2D eigenvalue weighted by atomic mass is 9.92. The molecule has 0 amide bonds. The molecule has 6 nitrogen and oxygen atoms in total. The summed E-state index contributed by atoms with van der Waals surface area (Å²) in [6.07, 6.45) is 2.55. The number of morpholine rings is 1. The van der Waals surface area contributed by atoms with Crippen molar-refractivity contribution < 1.29 is 4.74 Å². The minimum absolute atomic E-state index is 0. The quantitative estimate of drug-likeness (QED) is 0.234. The molecule has 2 N–H and O–H groups in total. The fourth-order valence-corrected chi connectivity index (χ4v) is 4.18. The third-order valence-corrected chi connectivity index (χ3v) is 5.41. The van der Waals surface area contributed by atoms with E-state index in [0.717, 1.165) is 63.7 Å². The van der Waals surface area contributed by atoms with Crippen LogP contribution in [0, 0.1) is 11.8 Å². The van der Waals surface area contributed by atoms with Crippen molar-refractivity contribution in [1.29, 1.82) is 0 Å². The summed E-state index contributed by atoms with van der Waals surface area (Å²) in [6.45, 7) is 19.3. The third-order valence-electron chi connectivity index (χ3n) is 5.41. The molecule has 0 aliphatic carbocycles. The van der Waals surface area contributed by atoms with Crippen LogP contribution in [0.1, 0.15) is 40.5 Å². The van der Waals surface area contributed by atoms with E-state index in [4.69, 9.17) is 9.73 Å². The summed E-state index contributed by atoms with van der Waals surface area (Å²) in [5.74, 6) is 2.63. The van der Waals surface area contributed by atoms with Crippen molar-refractivity contribution in [2.45, 2.75) is 46.6 Å². The van der Waals surface area contributed by atoms with Crippen LogP contribution in [0.3, 0.4) is 0 Å². The van der Waals surface area contributed by atoms with Gasteiger partial charge in [-0.15, -0.1) is 24.0 Å². The second-order valence-electron chi connectivity index (χ2n) is 8.20. The maximum absolute atomic E-state index is 5.44. The highest BCUT2D eigenvalue weighted by molar-refractivity contribution is 14.0. The first-order valence-corrected chi connectivity index (χ1v) is 10.6. The van der Waals surface area contributed by atoms with Crippen LogP contribution >= 0.6 is 24.0 Å². The zero-order valence-corrected chi connectivity index (χ0v) is 20.2. The van der Waals surface area contributed by atoms with E-state index >= 15 is 0 Å². The van der Waals surface area contributed by atoms with Gasteiger partial charge in [-0.1, -0.05) is 13.8 Å². The SMILES string of the molecule is CCNC(=NCC(C)N1CCOCC1)NCCCN1CC(C)CC(C)C1.I. The predicted octanol–water partition coefficient (Wildman–Crippen LogP) is 2.25. The van der Waals surface area contributed by atoms with Crippen molar-refractivity contribution in [2.24, 2.45) is 16.8 Å². The summed E-state index contributed by atoms with van der Waals surface area (Å²) in [5, 5.41) is 6.89. The van der Waals surface area contributed by atoms with E-state index in [1.54, 1.807) is 0 Å². The molecule has 0 spiro atoms. The molecule has 2 aliphatic rings. The van der Waals surface area contributed by atoms with E-state index in [1.807, 2.05) is 0 Å². The Labute approximate surface area is 183 Å². The molecule has 0 bridgehead atoms. The minimum Gasteiger partial charge on any atom is -0.379 e. The van der Waals surface area contributed by atoms with Gasteiger partial charge in [-0.05, 0) is 45.1 Å². The molecule has 2 saturated heterocycles. The number of nitrogens with one attached hydrogen (secondary N) is 2. The van der Waals surface area contributed by atoms with Crippen LogP contribution in [0.15, 0.2) is 4.99 Å². The molecule has 3 atom stereocenters. The lowest BCUT2D eigenvalue weighted by Crippen LogP contribution is -2.45. The van der Waals surface area contributed by atoms with Gasteiger partial charge in [0.2, 0.25) is 0 Å². The van der Waals surface area contributed by atoms with Crippen molar-refractivity contribution in [3.8, 4) is 0 Å². The summed E-state index contributed by atoms with van der Waals surface area (Å²) in [7, 11) is 0. The normalized spacial score (nSPS) is 26.3. The number of hydrogen-bond acceptors (Lipinski definition) is 4. The standard InChI is InChI=1S/C20H41N5O.HI/c1-5-21-20(23-14-19(4)25-9-11-26-12-10-25)22-7-6-8-24-15-17(2)13-18(3)16-24;/h17-19H,5-16H2,1-4H3,(H2,21,22,23);1H. The van der Waals surface area contributed by atoms with Gasteiger partial charge < -0.3 is 20.3 Å². The highest BCUT2D eigenvalue weighted by Crippen LogP contribution is 2.20. The summed E-state index contributed by atoms with van der Waals surface area (Å²) in [5.41, 5.74) is 0. The van der Waals surface area contributed by atoms with Gasteiger partial charge in [-0.3, -0.25) is 9.89 Å². The fraction of sp³-hybridized carbons (Fsp3) is 0.950. The highest BCUT2D eigenvalue weighted by atomic mass is 127. The first-order valence-electron chi connectivity index (χ1n) is 10.6. The van der Waals surface area contributed by atoms with Gasteiger partial charge in [-0.2, -0.15) is 0 Å². The minimum atomic E-state index is 0. The Hall–Kier alpha value is -0.120. The largest absolute Gasteiger partial charge is 0.379 e. The summed E-state index contributed by atoms with van der Waals surface area (Å²) in [6, 6.07) is 0.464. The average molecular weight is 495 g/mol. The zero-order chi connectivity index (χ0) is 18.8. The monoisotopic (exact) mass is 495 g/mol. The number of rotatable bonds is 8. The number of likely N-dealkylation sites (tertiary alicyclic amines) is 1. The Balaban J connectivity index is 0.00000364. The summed E-state index contributed by atoms with van der Waals surface area (Å²) in [4.78, 5) is 9.89. The molecule has 2 heterocycles. The Morgan fingerprint density at radius 1 is 1.15 bits per heavy atom. The Morgan fingerprint density at radius 2 is 1.81 bits per heavy atom. The lowest BCUT2D eigenvalue weighted by molar-refractivity contribution is 0.0220. The van der Waals surface area contributed by atoms with Crippen LogP contribution < -0.4 is 10.6 Å². The number of guanidine groups is 1. The van der Waals surface area contributed by atoms with Gasteiger partial charge in [0.15, 0.2) is 5.96 Å². The average Bonchev–Trinajstić information content (AvgIpc) is 2.62. The molecule has 7 heteroatoms. The first-order chi connectivity index (χ1) is 12.6. The number of ether oxygens (including phenoxy) is 1. The first kappa shape index (κ1) is 24.9. The van der Waals surface area contributed by atoms with Crippen molar-refractivity contribution in [2.75, 3.05) is 65.6 Å². The molecule has 160 valence electrons. The summed E-state index contributed by atoms with van der Waals surface area (Å²) >= 11 is 0. The Morgan fingerprint density at radius 3 is 2.44 bits per heavy atom. The second kappa shape index (κ2) is 14.0. The van der Waals surface area contributed by atoms with Crippen LogP contribution in [0.2, 0.25) is 0 Å². The smallest absolute Gasteiger partial charge is 0.191 e. The van der Waals surface area contributed by atoms with Crippen molar-refractivity contribution >= 4 is 29.9 Å². The third kappa shape index (κ3) is 9.76. The van der Waals surface area contributed by atoms with E-state index in [-0.39, 0.29) is 24.0 Å². The van der Waals surface area contributed by atoms with Gasteiger partial charge in [0.05, 0.1) is 19.8 Å². The maximum Gasteiger partial charge on any atom is 0.191 e. The van der Waals surface area contributed by atoms with Crippen LogP contribution in [0.4, 0.5) is 0 Å². The zero-order valence-electron chi connectivity index (χ0n) is 17.9. The van der Waals surface area contributed by atoms with Crippen molar-refractivity contribution in [1.82, 2.24) is 20.4 Å². The number of nitrogens with zero attached hydrogens (tertiary/aromatic N) is 3. The Bertz CT molecular complexity index is 407. The van der Waals surface area contributed by atoms with Crippen molar-refractivity contribution in [3.05, 3.63) is 0 Å². The van der Waals surface area contributed by atoms with E-state index in [2.05, 4.69) is 48.1 Å². The van der Waals surface area contributed by atoms with E-state index in [9.17, 15) is 0 Å². The topological polar surface area (TPSA) is 52.1 Å². The van der Waals surface area contributed by atoms with Crippen molar-refractivity contribution in [3.63, 3.8) is 0 Å². The number of hydrogen-bond donors (Lipinski definition) is 2. The molecule has 0 aromatic carbocycles. The fourth-order valence-electron chi connectivity index (χ4n) is 4.18. The molecule has 0 aromatic rings. The molecule has 2 aliphatic heterocycles. The predicted molar refractivity (Wildman–Crippen MR) is 125 cm³/mol. The van der Waals surface area contributed by atoms with E-state index < -0.39 is 0 Å². The van der Waals surface area contributed by atoms with E-state index in [0.29, 0.717) is 6.04 Å². The van der Waals surface area contributed by atoms with Crippen LogP contribution in [0.5, 0.6) is 0 Å². The number of piperidine rings is 1. The summed E-state index contributed by atoms with van der Waals surface area (Å²) < 4.78 is 5.44. The lowest BCUT2D eigenvalue weighted by Gasteiger charge is -2.35. The maximum atomic E-state index is 5.44. The van der Waals surface area contributed by atoms with Crippen LogP contribution in [0.25, 0.3) is 0 Å². The molecule has 0 radical (unpaired) electrons. The van der Waals surface area contributed by atoms with Gasteiger partial charge in [0.1, 0.15) is 0 Å². The number of halogens is 1. The second-order valence-corrected chi connectivity index (χ2v) is 8.20. The molecule has 0 saturated carbocycles. The molecular formula is C20H42IN5O. The van der Waals surface area contributed by atoms with Gasteiger partial charge in [0.25, 0.3) is 0 Å². The molecule has 3 unspecified atom stereocenters. The molecule has 2 fully saturated rings. The number of aliphatic imine (C=N–C) groups is 1. The molecule has 2 rings (SSSR count). The van der Waals surface area contributed by atoms with Gasteiger partial charge in [0, 0.05) is 45.3 Å².